The van der Waals surface area contributed by atoms with E-state index in [-0.39, 0.29) is 23.5 Å². The van der Waals surface area contributed by atoms with Crippen LogP contribution in [0, 0.1) is 0 Å². The highest BCUT2D eigenvalue weighted by atomic mass is 32.2. The smallest absolute Gasteiger partial charge is 0.340 e. The van der Waals surface area contributed by atoms with Crippen LogP contribution in [0.25, 0.3) is 0 Å². The Balaban J connectivity index is 1.63. The molecule has 2 aromatic carbocycles. The van der Waals surface area contributed by atoms with Gasteiger partial charge in [0.1, 0.15) is 5.78 Å². The summed E-state index contributed by atoms with van der Waals surface area (Å²) in [6.45, 7) is 3.08. The molecular formula is C23H25NO4S. The third-order valence-electron chi connectivity index (χ3n) is 4.88. The van der Waals surface area contributed by atoms with Gasteiger partial charge in [-0.2, -0.15) is 0 Å². The van der Waals surface area contributed by atoms with Gasteiger partial charge in [-0.25, -0.2) is 4.79 Å². The van der Waals surface area contributed by atoms with Crippen molar-refractivity contribution in [3.8, 4) is 0 Å². The van der Waals surface area contributed by atoms with E-state index in [9.17, 15) is 14.4 Å². The van der Waals surface area contributed by atoms with Gasteiger partial charge in [0.2, 0.25) is 0 Å². The zero-order chi connectivity index (χ0) is 20.8. The zero-order valence-electron chi connectivity index (χ0n) is 16.6. The van der Waals surface area contributed by atoms with Crippen molar-refractivity contribution in [1.82, 2.24) is 5.32 Å². The predicted molar refractivity (Wildman–Crippen MR) is 113 cm³/mol. The summed E-state index contributed by atoms with van der Waals surface area (Å²) in [5.41, 5.74) is 2.75. The van der Waals surface area contributed by atoms with Crippen LogP contribution >= 0.6 is 11.8 Å². The van der Waals surface area contributed by atoms with Crippen molar-refractivity contribution < 1.29 is 19.1 Å². The summed E-state index contributed by atoms with van der Waals surface area (Å²) in [5.74, 6) is -0.572. The zero-order valence-corrected chi connectivity index (χ0v) is 17.5. The van der Waals surface area contributed by atoms with Crippen LogP contribution < -0.4 is 5.32 Å². The monoisotopic (exact) mass is 411 g/mol. The maximum Gasteiger partial charge on any atom is 0.340 e. The number of Topliss-reactive ketones (excluding diaryl/α,β-unsaturated/α-hetero) is 1. The molecule has 152 valence electrons. The van der Waals surface area contributed by atoms with Gasteiger partial charge in [0, 0.05) is 4.90 Å². The molecule has 1 N–H and O–H groups in total. The highest BCUT2D eigenvalue weighted by Gasteiger charge is 2.26. The SMILES string of the molecule is CC(=O)CSc1ccccc1C(=O)O[C@@H](C)C(=O)N[C@H]1CCCc2ccccc21. The summed E-state index contributed by atoms with van der Waals surface area (Å²) >= 11 is 1.29. The fraction of sp³-hybridized carbons (Fsp3) is 0.348. The van der Waals surface area contributed by atoms with Crippen LogP contribution in [0.4, 0.5) is 0 Å². The Labute approximate surface area is 175 Å². The molecule has 5 nitrogen and oxygen atoms in total. The van der Waals surface area contributed by atoms with Crippen molar-refractivity contribution in [3.05, 3.63) is 65.2 Å². The van der Waals surface area contributed by atoms with Crippen LogP contribution in [0.5, 0.6) is 0 Å². The number of hydrogen-bond donors (Lipinski definition) is 1. The molecule has 6 heteroatoms. The minimum atomic E-state index is -0.914. The lowest BCUT2D eigenvalue weighted by atomic mass is 9.87. The topological polar surface area (TPSA) is 72.5 Å². The number of carbonyl (C=O) groups excluding carboxylic acids is 3. The highest BCUT2D eigenvalue weighted by Crippen LogP contribution is 2.29. The van der Waals surface area contributed by atoms with Crippen molar-refractivity contribution in [2.24, 2.45) is 0 Å². The number of rotatable bonds is 7. The molecule has 0 unspecified atom stereocenters. The maximum atomic E-state index is 12.6. The fourth-order valence-corrected chi connectivity index (χ4v) is 4.25. The molecule has 0 heterocycles. The molecular weight excluding hydrogens is 386 g/mol. The third kappa shape index (κ3) is 5.48. The summed E-state index contributed by atoms with van der Waals surface area (Å²) in [7, 11) is 0. The average molecular weight is 412 g/mol. The Morgan fingerprint density at radius 3 is 2.66 bits per heavy atom. The molecule has 0 spiro atoms. The van der Waals surface area contributed by atoms with Gasteiger partial charge in [0.15, 0.2) is 6.10 Å². The number of hydrogen-bond acceptors (Lipinski definition) is 5. The van der Waals surface area contributed by atoms with Crippen molar-refractivity contribution in [1.29, 1.82) is 0 Å². The standard InChI is InChI=1S/C23H25NO4S/c1-15(25)14-29-21-13-6-5-11-19(21)23(27)28-16(2)22(26)24-20-12-7-9-17-8-3-4-10-18(17)20/h3-6,8,10-11,13,16,20H,7,9,12,14H2,1-2H3,(H,24,26)/t16-,20-/m0/s1. The number of esters is 1. The van der Waals surface area contributed by atoms with Crippen LogP contribution in [0.2, 0.25) is 0 Å². The van der Waals surface area contributed by atoms with E-state index in [1.54, 1.807) is 31.2 Å². The molecule has 0 fully saturated rings. The van der Waals surface area contributed by atoms with Crippen LogP contribution in [-0.4, -0.2) is 29.5 Å². The molecule has 0 aromatic heterocycles. The number of fused-ring (bicyclic) bond motifs is 1. The van der Waals surface area contributed by atoms with Gasteiger partial charge >= 0.3 is 5.97 Å². The number of benzene rings is 2. The Morgan fingerprint density at radius 1 is 1.14 bits per heavy atom. The molecule has 2 atom stereocenters. The number of carbonyl (C=O) groups is 3. The first kappa shape index (κ1) is 21.1. The summed E-state index contributed by atoms with van der Waals surface area (Å²) in [6.07, 6.45) is 1.98. The number of aryl methyl sites for hydroxylation is 1. The molecule has 1 amide bonds. The van der Waals surface area contributed by atoms with Gasteiger partial charge in [-0.15, -0.1) is 11.8 Å². The van der Waals surface area contributed by atoms with E-state index in [0.717, 1.165) is 24.8 Å². The third-order valence-corrected chi connectivity index (χ3v) is 6.09. The summed E-state index contributed by atoms with van der Waals surface area (Å²) in [5, 5.41) is 3.02. The lowest BCUT2D eigenvalue weighted by Crippen LogP contribution is -2.39. The minimum Gasteiger partial charge on any atom is -0.449 e. The molecule has 0 aliphatic heterocycles. The van der Waals surface area contributed by atoms with Crippen LogP contribution in [0.1, 0.15) is 54.2 Å². The first-order chi connectivity index (χ1) is 14.0. The first-order valence-electron chi connectivity index (χ1n) is 9.76. The Bertz CT molecular complexity index is 911. The Morgan fingerprint density at radius 2 is 1.86 bits per heavy atom. The normalized spacial score (nSPS) is 16.4. The Kier molecular flexibility index (Phi) is 7.09. The second-order valence-corrected chi connectivity index (χ2v) is 8.20. The van der Waals surface area contributed by atoms with Gasteiger partial charge in [0.05, 0.1) is 17.4 Å². The lowest BCUT2D eigenvalue weighted by molar-refractivity contribution is -0.130. The fourth-order valence-electron chi connectivity index (χ4n) is 3.41. The van der Waals surface area contributed by atoms with E-state index in [4.69, 9.17) is 4.74 Å². The Hall–Kier alpha value is -2.60. The van der Waals surface area contributed by atoms with Gasteiger partial charge < -0.3 is 10.1 Å². The molecule has 0 saturated heterocycles. The summed E-state index contributed by atoms with van der Waals surface area (Å²) in [4.78, 5) is 37.2. The number of ketones is 1. The predicted octanol–water partition coefficient (Wildman–Crippen LogP) is 4.11. The van der Waals surface area contributed by atoms with Crippen LogP contribution in [-0.2, 0) is 20.7 Å². The van der Waals surface area contributed by atoms with E-state index in [0.29, 0.717) is 10.5 Å². The molecule has 0 saturated carbocycles. The molecule has 3 rings (SSSR count). The first-order valence-corrected chi connectivity index (χ1v) is 10.7. The van der Waals surface area contributed by atoms with Crippen LogP contribution in [0.3, 0.4) is 0 Å². The second kappa shape index (κ2) is 9.74. The number of nitrogens with one attached hydrogen (secondary N) is 1. The van der Waals surface area contributed by atoms with Crippen molar-refractivity contribution in [2.75, 3.05) is 5.75 Å². The van der Waals surface area contributed by atoms with Crippen LogP contribution in [0.15, 0.2) is 53.4 Å². The molecule has 2 aromatic rings. The van der Waals surface area contributed by atoms with E-state index in [2.05, 4.69) is 11.4 Å². The van der Waals surface area contributed by atoms with Gasteiger partial charge in [0.25, 0.3) is 5.91 Å². The van der Waals surface area contributed by atoms with Crippen molar-refractivity contribution in [2.45, 2.75) is 50.2 Å². The minimum absolute atomic E-state index is 0.0266. The largest absolute Gasteiger partial charge is 0.449 e. The molecule has 1 aliphatic carbocycles. The lowest BCUT2D eigenvalue weighted by Gasteiger charge is -2.27. The summed E-state index contributed by atoms with van der Waals surface area (Å²) in [6, 6.07) is 15.0. The van der Waals surface area contributed by atoms with E-state index in [1.165, 1.54) is 24.2 Å². The van der Waals surface area contributed by atoms with Crippen molar-refractivity contribution >= 4 is 29.4 Å². The van der Waals surface area contributed by atoms with E-state index < -0.39 is 12.1 Å². The quantitative estimate of drug-likeness (QED) is 0.548. The molecule has 29 heavy (non-hydrogen) atoms. The maximum absolute atomic E-state index is 12.6. The van der Waals surface area contributed by atoms with Crippen molar-refractivity contribution in [3.63, 3.8) is 0 Å². The summed E-state index contributed by atoms with van der Waals surface area (Å²) < 4.78 is 5.43. The highest BCUT2D eigenvalue weighted by molar-refractivity contribution is 8.00. The van der Waals surface area contributed by atoms with E-state index in [1.807, 2.05) is 18.2 Å². The second-order valence-electron chi connectivity index (χ2n) is 7.19. The number of thioether (sulfide) groups is 1. The van der Waals surface area contributed by atoms with E-state index >= 15 is 0 Å². The van der Waals surface area contributed by atoms with Gasteiger partial charge in [-0.05, 0) is 56.4 Å². The van der Waals surface area contributed by atoms with Gasteiger partial charge in [-0.3, -0.25) is 9.59 Å². The molecule has 1 aliphatic rings. The van der Waals surface area contributed by atoms with Gasteiger partial charge in [-0.1, -0.05) is 36.4 Å². The average Bonchev–Trinajstić information content (AvgIpc) is 2.72. The number of ether oxygens (including phenoxy) is 1. The molecule has 0 bridgehead atoms. The molecule has 0 radical (unpaired) electrons. The number of amides is 1.